The third-order valence-corrected chi connectivity index (χ3v) is 3.13. The lowest BCUT2D eigenvalue weighted by atomic mass is 10.2. The summed E-state index contributed by atoms with van der Waals surface area (Å²) in [5.41, 5.74) is 0.664. The predicted octanol–water partition coefficient (Wildman–Crippen LogP) is 2.56. The van der Waals surface area contributed by atoms with E-state index in [-0.39, 0.29) is 5.60 Å². The number of hydroxylamine groups is 2. The first-order chi connectivity index (χ1) is 10.4. The number of aromatic nitrogens is 2. The highest BCUT2D eigenvalue weighted by Crippen LogP contribution is 2.13. The Balaban J connectivity index is 2.71. The number of carbonyl (C=O) groups excluding carboxylic acids is 1. The number of methoxy groups -OCH3 is 1. The first-order valence-corrected chi connectivity index (χ1v) is 7.84. The van der Waals surface area contributed by atoms with Crippen LogP contribution in [0.1, 0.15) is 52.1 Å². The number of carbonyl (C=O) groups is 1. The molecule has 0 aliphatic heterocycles. The van der Waals surface area contributed by atoms with E-state index in [2.05, 4.69) is 16.5 Å². The minimum absolute atomic E-state index is 0.389. The molecule has 0 fully saturated rings. The highest BCUT2D eigenvalue weighted by Gasteiger charge is 2.17. The molecule has 0 N–H and O–H groups in total. The van der Waals surface area contributed by atoms with Gasteiger partial charge in [-0.2, -0.15) is 0 Å². The van der Waals surface area contributed by atoms with E-state index in [1.165, 1.54) is 5.06 Å². The molecule has 0 spiro atoms. The molecule has 126 valence electrons. The van der Waals surface area contributed by atoms with Gasteiger partial charge in [0.1, 0.15) is 12.6 Å². The van der Waals surface area contributed by atoms with E-state index in [0.717, 1.165) is 37.2 Å². The van der Waals surface area contributed by atoms with Gasteiger partial charge in [-0.15, -0.1) is 0 Å². The fourth-order valence-corrected chi connectivity index (χ4v) is 2.17. The van der Waals surface area contributed by atoms with Crippen LogP contribution in [0.5, 0.6) is 0 Å². The number of amides is 1. The van der Waals surface area contributed by atoms with Crippen LogP contribution in [0.3, 0.4) is 0 Å². The van der Waals surface area contributed by atoms with E-state index in [9.17, 15) is 4.79 Å². The summed E-state index contributed by atoms with van der Waals surface area (Å²) in [6.45, 7) is 8.89. The Morgan fingerprint density at radius 1 is 1.36 bits per heavy atom. The second-order valence-corrected chi connectivity index (χ2v) is 6.31. The molecule has 6 nitrogen and oxygen atoms in total. The molecule has 1 heterocycles. The molecule has 0 atom stereocenters. The number of ether oxygens (including phenoxy) is 1. The number of rotatable bonds is 10. The number of hydrogen-bond acceptors (Lipinski definition) is 4. The molecule has 0 saturated carbocycles. The van der Waals surface area contributed by atoms with Crippen LogP contribution in [-0.4, -0.2) is 40.3 Å². The molecule has 1 aromatic rings. The van der Waals surface area contributed by atoms with Crippen molar-refractivity contribution in [2.24, 2.45) is 0 Å². The zero-order valence-electron chi connectivity index (χ0n) is 14.5. The van der Waals surface area contributed by atoms with Crippen molar-refractivity contribution < 1.29 is 14.4 Å². The van der Waals surface area contributed by atoms with E-state index in [1.54, 1.807) is 7.11 Å². The van der Waals surface area contributed by atoms with Gasteiger partial charge in [-0.05, 0) is 27.2 Å². The molecular formula is C16H29N3O3. The number of unbranched alkanes of at least 4 members (excludes halogenated alkanes) is 1. The number of imidazole rings is 1. The second kappa shape index (κ2) is 8.90. The van der Waals surface area contributed by atoms with E-state index in [4.69, 9.17) is 9.57 Å². The fraction of sp³-hybridized carbons (Fsp3) is 0.750. The molecule has 0 aliphatic carbocycles. The zero-order valence-corrected chi connectivity index (χ0v) is 14.5. The van der Waals surface area contributed by atoms with Crippen molar-refractivity contribution in [2.75, 3.05) is 13.7 Å². The Labute approximate surface area is 133 Å². The quantitative estimate of drug-likeness (QED) is 0.492. The van der Waals surface area contributed by atoms with Gasteiger partial charge in [0.25, 0.3) is 0 Å². The molecule has 0 aliphatic rings. The summed E-state index contributed by atoms with van der Waals surface area (Å²) in [4.78, 5) is 21.2. The zero-order chi connectivity index (χ0) is 16.6. The standard InChI is InChI=1S/C16H29N3O3/c1-6-7-8-15-17-11-14(19(15)13-21-5)9-10-18(12-20)22-16(2,3)4/h11-12H,6-10,13H2,1-5H3. The summed E-state index contributed by atoms with van der Waals surface area (Å²) in [5.74, 6) is 1.04. The molecule has 0 aromatic carbocycles. The molecule has 1 rings (SSSR count). The maximum atomic E-state index is 11.1. The number of nitrogens with zero attached hydrogens (tertiary/aromatic N) is 3. The van der Waals surface area contributed by atoms with Gasteiger partial charge >= 0.3 is 0 Å². The Morgan fingerprint density at radius 2 is 2.09 bits per heavy atom. The third kappa shape index (κ3) is 6.15. The summed E-state index contributed by atoms with van der Waals surface area (Å²) in [6, 6.07) is 0. The molecule has 0 radical (unpaired) electrons. The van der Waals surface area contributed by atoms with Gasteiger partial charge in [0.15, 0.2) is 0 Å². The lowest BCUT2D eigenvalue weighted by Crippen LogP contribution is -2.34. The molecule has 1 amide bonds. The van der Waals surface area contributed by atoms with Crippen LogP contribution >= 0.6 is 0 Å². The predicted molar refractivity (Wildman–Crippen MR) is 85.2 cm³/mol. The molecule has 0 unspecified atom stereocenters. The highest BCUT2D eigenvalue weighted by molar-refractivity contribution is 5.45. The highest BCUT2D eigenvalue weighted by atomic mass is 16.7. The normalized spacial score (nSPS) is 11.7. The van der Waals surface area contributed by atoms with Crippen molar-refractivity contribution in [3.63, 3.8) is 0 Å². The van der Waals surface area contributed by atoms with Gasteiger partial charge in [-0.1, -0.05) is 13.3 Å². The first kappa shape index (κ1) is 18.6. The Morgan fingerprint density at radius 3 is 2.64 bits per heavy atom. The van der Waals surface area contributed by atoms with Gasteiger partial charge in [0.2, 0.25) is 6.41 Å². The smallest absolute Gasteiger partial charge is 0.233 e. The average Bonchev–Trinajstić information content (AvgIpc) is 2.83. The molecule has 0 saturated heterocycles. The Hall–Kier alpha value is -1.40. The third-order valence-electron chi connectivity index (χ3n) is 3.13. The molecule has 6 heteroatoms. The monoisotopic (exact) mass is 311 g/mol. The Bertz CT molecular complexity index is 452. The first-order valence-electron chi connectivity index (χ1n) is 7.84. The second-order valence-electron chi connectivity index (χ2n) is 6.31. The van der Waals surface area contributed by atoms with Crippen LogP contribution in [0, 0.1) is 0 Å². The van der Waals surface area contributed by atoms with Gasteiger partial charge in [-0.3, -0.25) is 9.63 Å². The fourth-order valence-electron chi connectivity index (χ4n) is 2.17. The van der Waals surface area contributed by atoms with Gasteiger partial charge in [0.05, 0.1) is 12.1 Å². The minimum Gasteiger partial charge on any atom is -0.364 e. The number of aryl methyl sites for hydroxylation is 1. The van der Waals surface area contributed by atoms with E-state index in [1.807, 2.05) is 27.0 Å². The maximum Gasteiger partial charge on any atom is 0.233 e. The Kier molecular flexibility index (Phi) is 7.55. The van der Waals surface area contributed by atoms with Crippen molar-refractivity contribution in [1.82, 2.24) is 14.6 Å². The van der Waals surface area contributed by atoms with E-state index < -0.39 is 0 Å². The largest absolute Gasteiger partial charge is 0.364 e. The lowest BCUT2D eigenvalue weighted by molar-refractivity contribution is -0.215. The van der Waals surface area contributed by atoms with Crippen LogP contribution < -0.4 is 0 Å². The summed E-state index contributed by atoms with van der Waals surface area (Å²) in [7, 11) is 1.67. The summed E-state index contributed by atoms with van der Waals surface area (Å²) < 4.78 is 7.35. The lowest BCUT2D eigenvalue weighted by Gasteiger charge is -2.26. The summed E-state index contributed by atoms with van der Waals surface area (Å²) in [5, 5.41) is 1.34. The molecule has 1 aromatic heterocycles. The minimum atomic E-state index is -0.389. The van der Waals surface area contributed by atoms with Crippen molar-refractivity contribution in [3.05, 3.63) is 17.7 Å². The maximum absolute atomic E-state index is 11.1. The molecule has 0 bridgehead atoms. The SMILES string of the molecule is CCCCc1ncc(CCN(C=O)OC(C)(C)C)n1COC. The van der Waals surface area contributed by atoms with Gasteiger partial charge in [0, 0.05) is 31.8 Å². The van der Waals surface area contributed by atoms with Gasteiger partial charge < -0.3 is 9.30 Å². The van der Waals surface area contributed by atoms with Crippen LogP contribution in [-0.2, 0) is 33.9 Å². The van der Waals surface area contributed by atoms with Crippen molar-refractivity contribution >= 4 is 6.41 Å². The van der Waals surface area contributed by atoms with Crippen LogP contribution in [0.4, 0.5) is 0 Å². The molecule has 22 heavy (non-hydrogen) atoms. The van der Waals surface area contributed by atoms with Crippen molar-refractivity contribution in [1.29, 1.82) is 0 Å². The summed E-state index contributed by atoms with van der Waals surface area (Å²) in [6.07, 6.45) is 6.44. The van der Waals surface area contributed by atoms with Crippen LogP contribution in [0.2, 0.25) is 0 Å². The average molecular weight is 311 g/mol. The van der Waals surface area contributed by atoms with Crippen molar-refractivity contribution in [2.45, 2.75) is 65.7 Å². The van der Waals surface area contributed by atoms with Crippen molar-refractivity contribution in [3.8, 4) is 0 Å². The number of hydrogen-bond donors (Lipinski definition) is 0. The van der Waals surface area contributed by atoms with E-state index >= 15 is 0 Å². The van der Waals surface area contributed by atoms with Crippen LogP contribution in [0.15, 0.2) is 6.20 Å². The molecular weight excluding hydrogens is 282 g/mol. The van der Waals surface area contributed by atoms with Gasteiger partial charge in [-0.25, -0.2) is 10.0 Å². The van der Waals surface area contributed by atoms with Crippen LogP contribution in [0.25, 0.3) is 0 Å². The van der Waals surface area contributed by atoms with E-state index in [0.29, 0.717) is 19.7 Å². The summed E-state index contributed by atoms with van der Waals surface area (Å²) >= 11 is 0. The topological polar surface area (TPSA) is 56.6 Å².